The van der Waals surface area contributed by atoms with Crippen LogP contribution in [-0.4, -0.2) is 36.0 Å². The number of rotatable bonds is 9. The van der Waals surface area contributed by atoms with Gasteiger partial charge in [0.05, 0.1) is 5.92 Å². The number of hydrogen-bond acceptors (Lipinski definition) is 3. The van der Waals surface area contributed by atoms with E-state index < -0.39 is 11.8 Å². The molecule has 1 atom stereocenters. The fourth-order valence-electron chi connectivity index (χ4n) is 5.04. The van der Waals surface area contributed by atoms with E-state index in [2.05, 4.69) is 0 Å². The number of likely N-dealkylation sites (N-methyl/N-ethyl adjacent to an activating group) is 1. The van der Waals surface area contributed by atoms with Gasteiger partial charge in [0.15, 0.2) is 0 Å². The maximum atomic E-state index is 14.8. The highest BCUT2D eigenvalue weighted by atomic mass is 19.1. The Kier molecular flexibility index (Phi) is 8.56. The quantitative estimate of drug-likeness (QED) is 0.348. The highest BCUT2D eigenvalue weighted by Crippen LogP contribution is 2.38. The van der Waals surface area contributed by atoms with Crippen LogP contribution in [0.1, 0.15) is 65.6 Å². The average Bonchev–Trinajstić information content (AvgIpc) is 2.92. The summed E-state index contributed by atoms with van der Waals surface area (Å²) in [6.07, 6.45) is 1.96. The van der Waals surface area contributed by atoms with Crippen molar-refractivity contribution in [2.75, 3.05) is 22.9 Å². The fraction of sp³-hybridized carbons (Fsp3) is 0.323. The summed E-state index contributed by atoms with van der Waals surface area (Å²) in [6, 6.07) is 19.8. The van der Waals surface area contributed by atoms with E-state index in [1.807, 2.05) is 62.4 Å². The fourth-order valence-corrected chi connectivity index (χ4v) is 5.04. The number of unbranched alkanes of at least 4 members (excludes halogenated alkanes) is 1. The summed E-state index contributed by atoms with van der Waals surface area (Å²) in [5.74, 6) is -2.04. The first-order valence-electron chi connectivity index (χ1n) is 13.1. The van der Waals surface area contributed by atoms with Crippen LogP contribution in [0.4, 0.5) is 15.8 Å². The normalized spacial score (nSPS) is 14.6. The maximum absolute atomic E-state index is 14.8. The van der Waals surface area contributed by atoms with E-state index in [9.17, 15) is 18.8 Å². The molecule has 0 fully saturated rings. The van der Waals surface area contributed by atoms with Gasteiger partial charge in [0.2, 0.25) is 5.91 Å². The van der Waals surface area contributed by atoms with Crippen LogP contribution in [0.25, 0.3) is 0 Å². The van der Waals surface area contributed by atoms with Gasteiger partial charge in [-0.2, -0.15) is 0 Å². The van der Waals surface area contributed by atoms with Gasteiger partial charge < -0.3 is 14.9 Å². The molecule has 0 bridgehead atoms. The number of carboxylic acids is 1. The Morgan fingerprint density at radius 1 is 1.03 bits per heavy atom. The van der Waals surface area contributed by atoms with Crippen molar-refractivity contribution >= 4 is 29.2 Å². The van der Waals surface area contributed by atoms with Crippen LogP contribution in [0, 0.1) is 12.7 Å². The lowest BCUT2D eigenvalue weighted by Crippen LogP contribution is -2.42. The van der Waals surface area contributed by atoms with Gasteiger partial charge in [-0.15, -0.1) is 0 Å². The molecule has 0 saturated carbocycles. The zero-order chi connectivity index (χ0) is 27.2. The van der Waals surface area contributed by atoms with Crippen molar-refractivity contribution in [2.24, 2.45) is 0 Å². The third kappa shape index (κ3) is 5.93. The second-order valence-corrected chi connectivity index (χ2v) is 9.68. The van der Waals surface area contributed by atoms with Crippen LogP contribution in [0.3, 0.4) is 0 Å². The van der Waals surface area contributed by atoms with Crippen LogP contribution < -0.4 is 9.80 Å². The molecular weight excluding hydrogens is 483 g/mol. The number of benzene rings is 3. The molecule has 7 heteroatoms. The van der Waals surface area contributed by atoms with Crippen molar-refractivity contribution in [1.82, 2.24) is 0 Å². The van der Waals surface area contributed by atoms with Crippen LogP contribution >= 0.6 is 0 Å². The Balaban J connectivity index is 1.53. The van der Waals surface area contributed by atoms with Crippen LogP contribution in [0.15, 0.2) is 66.7 Å². The first kappa shape index (κ1) is 27.0. The van der Waals surface area contributed by atoms with Gasteiger partial charge in [0.25, 0.3) is 5.91 Å². The van der Waals surface area contributed by atoms with Crippen molar-refractivity contribution in [2.45, 2.75) is 51.9 Å². The van der Waals surface area contributed by atoms with Crippen molar-refractivity contribution in [3.8, 4) is 0 Å². The SMILES string of the molecule is CCN(C(=O)[C@H]1CCN(C(=O)c2ccc(CCCCC(=O)O)c(F)c2)c2ccccc21)c1ccc(C)cc1. The van der Waals surface area contributed by atoms with E-state index >= 15 is 0 Å². The number of carbonyl (C=O) groups excluding carboxylic acids is 2. The minimum Gasteiger partial charge on any atom is -0.481 e. The summed E-state index contributed by atoms with van der Waals surface area (Å²) in [5.41, 5.74) is 4.13. The lowest BCUT2D eigenvalue weighted by molar-refractivity contribution is -0.137. The van der Waals surface area contributed by atoms with E-state index in [1.165, 1.54) is 6.07 Å². The molecule has 3 aromatic rings. The molecule has 1 N–H and O–H groups in total. The molecule has 38 heavy (non-hydrogen) atoms. The summed E-state index contributed by atoms with van der Waals surface area (Å²) in [4.78, 5) is 41.3. The minimum atomic E-state index is -0.866. The molecule has 0 aromatic heterocycles. The maximum Gasteiger partial charge on any atom is 0.303 e. The predicted molar refractivity (Wildman–Crippen MR) is 146 cm³/mol. The summed E-state index contributed by atoms with van der Waals surface area (Å²) in [7, 11) is 0. The molecule has 0 radical (unpaired) electrons. The monoisotopic (exact) mass is 516 g/mol. The van der Waals surface area contributed by atoms with Gasteiger partial charge in [-0.3, -0.25) is 14.4 Å². The van der Waals surface area contributed by atoms with Crippen molar-refractivity contribution in [1.29, 1.82) is 0 Å². The number of hydrogen-bond donors (Lipinski definition) is 1. The van der Waals surface area contributed by atoms with E-state index in [-0.39, 0.29) is 29.7 Å². The Bertz CT molecular complexity index is 1320. The number of para-hydroxylation sites is 1. The van der Waals surface area contributed by atoms with E-state index in [4.69, 9.17) is 5.11 Å². The summed E-state index contributed by atoms with van der Waals surface area (Å²) in [5, 5.41) is 8.77. The molecule has 2 amide bonds. The number of carboxylic acid groups (broad SMARTS) is 1. The van der Waals surface area contributed by atoms with E-state index in [0.29, 0.717) is 50.0 Å². The molecule has 1 aliphatic rings. The lowest BCUT2D eigenvalue weighted by atomic mass is 9.88. The number of nitrogens with zero attached hydrogens (tertiary/aromatic N) is 2. The number of carbonyl (C=O) groups is 3. The van der Waals surface area contributed by atoms with Gasteiger partial charge in [0.1, 0.15) is 5.82 Å². The summed E-state index contributed by atoms with van der Waals surface area (Å²) in [6.45, 7) is 4.83. The lowest BCUT2D eigenvalue weighted by Gasteiger charge is -2.36. The Morgan fingerprint density at radius 2 is 1.76 bits per heavy atom. The molecule has 0 unspecified atom stereocenters. The molecule has 0 saturated heterocycles. The number of anilines is 2. The largest absolute Gasteiger partial charge is 0.481 e. The zero-order valence-electron chi connectivity index (χ0n) is 21.8. The van der Waals surface area contributed by atoms with Gasteiger partial charge in [-0.1, -0.05) is 42.0 Å². The summed E-state index contributed by atoms with van der Waals surface area (Å²) >= 11 is 0. The number of aryl methyl sites for hydroxylation is 2. The van der Waals surface area contributed by atoms with E-state index in [1.54, 1.807) is 21.9 Å². The molecule has 1 heterocycles. The highest BCUT2D eigenvalue weighted by Gasteiger charge is 2.35. The molecule has 4 rings (SSSR count). The highest BCUT2D eigenvalue weighted by molar-refractivity contribution is 6.08. The smallest absolute Gasteiger partial charge is 0.303 e. The molecule has 6 nitrogen and oxygen atoms in total. The third-order valence-corrected chi connectivity index (χ3v) is 7.10. The van der Waals surface area contributed by atoms with E-state index in [0.717, 1.165) is 16.8 Å². The predicted octanol–water partition coefficient (Wildman–Crippen LogP) is 6.12. The number of fused-ring (bicyclic) bond motifs is 1. The van der Waals surface area contributed by atoms with Crippen LogP contribution in [-0.2, 0) is 16.0 Å². The van der Waals surface area contributed by atoms with Gasteiger partial charge in [-0.25, -0.2) is 4.39 Å². The Hall–Kier alpha value is -4.00. The molecule has 0 spiro atoms. The third-order valence-electron chi connectivity index (χ3n) is 7.10. The van der Waals surface area contributed by atoms with Crippen LogP contribution in [0.5, 0.6) is 0 Å². The Morgan fingerprint density at radius 3 is 2.45 bits per heavy atom. The topological polar surface area (TPSA) is 77.9 Å². The first-order valence-corrected chi connectivity index (χ1v) is 13.1. The molecule has 0 aliphatic carbocycles. The van der Waals surface area contributed by atoms with Gasteiger partial charge in [-0.05, 0) is 81.0 Å². The molecule has 1 aliphatic heterocycles. The molecular formula is C31H33FN2O4. The number of halogens is 1. The van der Waals surface area contributed by atoms with Crippen molar-refractivity contribution in [3.63, 3.8) is 0 Å². The minimum absolute atomic E-state index is 0.00537. The standard InChI is InChI=1S/C31H33FN2O4/c1-3-33(24-16-12-21(2)13-17-24)31(38)26-18-19-34(28-10-6-5-9-25(26)28)30(37)23-15-14-22(27(32)20-23)8-4-7-11-29(35)36/h5-6,9-10,12-17,20,26H,3-4,7-8,11,18-19H2,1-2H3,(H,35,36)/t26-/m0/s1. The van der Waals surface area contributed by atoms with Crippen molar-refractivity contribution in [3.05, 3.63) is 94.8 Å². The van der Waals surface area contributed by atoms with Gasteiger partial charge in [0, 0.05) is 36.4 Å². The molecule has 3 aromatic carbocycles. The average molecular weight is 517 g/mol. The molecule has 198 valence electrons. The second-order valence-electron chi connectivity index (χ2n) is 9.68. The van der Waals surface area contributed by atoms with Gasteiger partial charge >= 0.3 is 5.97 Å². The Labute approximate surface area is 222 Å². The number of aliphatic carboxylic acids is 1. The zero-order valence-corrected chi connectivity index (χ0v) is 21.8. The summed E-state index contributed by atoms with van der Waals surface area (Å²) < 4.78 is 14.8. The van der Waals surface area contributed by atoms with Crippen molar-refractivity contribution < 1.29 is 23.9 Å². The van der Waals surface area contributed by atoms with Crippen LogP contribution in [0.2, 0.25) is 0 Å². The second kappa shape index (κ2) is 12.0. The number of amides is 2. The first-order chi connectivity index (χ1) is 18.3.